The summed E-state index contributed by atoms with van der Waals surface area (Å²) in [6, 6.07) is 4.34. The number of ether oxygens (including phenoxy) is 1. The molecule has 0 saturated carbocycles. The molecule has 2 amide bonds. The highest BCUT2D eigenvalue weighted by Crippen LogP contribution is 2.36. The third-order valence-electron chi connectivity index (χ3n) is 6.59. The maximum absolute atomic E-state index is 14.6. The lowest BCUT2D eigenvalue weighted by molar-refractivity contribution is 0.00578. The summed E-state index contributed by atoms with van der Waals surface area (Å²) in [7, 11) is -0.868. The van der Waals surface area contributed by atoms with Gasteiger partial charge in [0.15, 0.2) is 0 Å². The highest BCUT2D eigenvalue weighted by atomic mass is 19.1. The van der Waals surface area contributed by atoms with E-state index in [4.69, 9.17) is 14.0 Å². The Labute approximate surface area is 196 Å². The van der Waals surface area contributed by atoms with Crippen molar-refractivity contribution in [2.24, 2.45) is 5.92 Å². The number of piperidine rings is 1. The molecule has 0 bridgehead atoms. The molecule has 182 valence electrons. The molecule has 0 aromatic heterocycles. The highest BCUT2D eigenvalue weighted by molar-refractivity contribution is 6.62. The largest absolute Gasteiger partial charge is 0.497 e. The van der Waals surface area contributed by atoms with Crippen LogP contribution in [-0.2, 0) is 14.0 Å². The maximum atomic E-state index is 14.6. The van der Waals surface area contributed by atoms with Gasteiger partial charge in [-0.2, -0.15) is 0 Å². The molecule has 7 nitrogen and oxygen atoms in total. The summed E-state index contributed by atoms with van der Waals surface area (Å²) in [5, 5.41) is 2.81. The van der Waals surface area contributed by atoms with Crippen molar-refractivity contribution in [1.82, 2.24) is 10.2 Å². The topological polar surface area (TPSA) is 77.1 Å². The quantitative estimate of drug-likeness (QED) is 0.694. The summed E-state index contributed by atoms with van der Waals surface area (Å²) in [4.78, 5) is 26.7. The van der Waals surface area contributed by atoms with E-state index < -0.39 is 35.8 Å². The van der Waals surface area contributed by atoms with E-state index in [1.807, 2.05) is 48.5 Å². The zero-order valence-corrected chi connectivity index (χ0v) is 20.8. The molecule has 2 fully saturated rings. The molecule has 0 radical (unpaired) electrons. The van der Waals surface area contributed by atoms with Gasteiger partial charge in [0.05, 0.1) is 11.2 Å². The molecule has 2 aliphatic rings. The average Bonchev–Trinajstić information content (AvgIpc) is 2.92. The van der Waals surface area contributed by atoms with E-state index in [0.29, 0.717) is 25.2 Å². The molecule has 1 N–H and O–H groups in total. The second-order valence-corrected chi connectivity index (χ2v) is 10.9. The molecule has 0 atom stereocenters. The fraction of sp³-hybridized carbons (Fsp3) is 0.667. The van der Waals surface area contributed by atoms with Crippen LogP contribution in [0.2, 0.25) is 0 Å². The van der Waals surface area contributed by atoms with Crippen molar-refractivity contribution in [3.63, 3.8) is 0 Å². The van der Waals surface area contributed by atoms with Gasteiger partial charge in [-0.3, -0.25) is 4.79 Å². The number of hydrogen-bond donors (Lipinski definition) is 1. The lowest BCUT2D eigenvalue weighted by atomic mass is 9.77. The van der Waals surface area contributed by atoms with Crippen LogP contribution in [0.15, 0.2) is 18.2 Å². The van der Waals surface area contributed by atoms with E-state index in [9.17, 15) is 14.0 Å². The van der Waals surface area contributed by atoms with Crippen molar-refractivity contribution >= 4 is 24.6 Å². The minimum absolute atomic E-state index is 0.147. The zero-order chi connectivity index (χ0) is 24.6. The van der Waals surface area contributed by atoms with Crippen LogP contribution in [0.4, 0.5) is 9.18 Å². The fourth-order valence-corrected chi connectivity index (χ4v) is 3.89. The van der Waals surface area contributed by atoms with Gasteiger partial charge in [-0.25, -0.2) is 9.18 Å². The Hall–Kier alpha value is -2.13. The van der Waals surface area contributed by atoms with Crippen molar-refractivity contribution in [1.29, 1.82) is 0 Å². The summed E-state index contributed by atoms with van der Waals surface area (Å²) in [6.07, 6.45) is 1.11. The van der Waals surface area contributed by atoms with Crippen LogP contribution < -0.4 is 10.8 Å². The Morgan fingerprint density at radius 2 is 1.73 bits per heavy atom. The number of halogens is 1. The number of likely N-dealkylation sites (tertiary alicyclic amines) is 1. The van der Waals surface area contributed by atoms with Crippen LogP contribution in [0.1, 0.15) is 71.7 Å². The first-order chi connectivity index (χ1) is 15.2. The normalized spacial score (nSPS) is 20.6. The monoisotopic (exact) mass is 462 g/mol. The third-order valence-corrected chi connectivity index (χ3v) is 6.59. The van der Waals surface area contributed by atoms with Crippen LogP contribution in [0.3, 0.4) is 0 Å². The van der Waals surface area contributed by atoms with Crippen LogP contribution in [0, 0.1) is 11.7 Å². The number of carbonyl (C=O) groups is 2. The lowest BCUT2D eigenvalue weighted by Gasteiger charge is -2.32. The van der Waals surface area contributed by atoms with Gasteiger partial charge in [-0.1, -0.05) is 0 Å². The van der Waals surface area contributed by atoms with E-state index in [1.165, 1.54) is 18.2 Å². The van der Waals surface area contributed by atoms with E-state index in [0.717, 1.165) is 12.8 Å². The Morgan fingerprint density at radius 3 is 2.27 bits per heavy atom. The summed E-state index contributed by atoms with van der Waals surface area (Å²) in [6.45, 7) is 14.7. The van der Waals surface area contributed by atoms with Gasteiger partial charge in [0.25, 0.3) is 5.91 Å². The van der Waals surface area contributed by atoms with Gasteiger partial charge < -0.3 is 24.3 Å². The number of nitrogens with zero attached hydrogens (tertiary/aromatic N) is 1. The minimum Gasteiger partial charge on any atom is -0.444 e. The summed E-state index contributed by atoms with van der Waals surface area (Å²) in [5.41, 5.74) is -1.09. The molecule has 0 spiro atoms. The number of nitrogens with one attached hydrogen (secondary N) is 1. The second-order valence-electron chi connectivity index (χ2n) is 10.9. The number of alkyl carbamates (subject to hydrolysis) is 1. The van der Waals surface area contributed by atoms with Crippen molar-refractivity contribution in [2.75, 3.05) is 19.6 Å². The molecule has 2 aliphatic heterocycles. The molecule has 0 aliphatic carbocycles. The van der Waals surface area contributed by atoms with Crippen molar-refractivity contribution < 1.29 is 28.0 Å². The fourth-order valence-electron chi connectivity index (χ4n) is 3.89. The van der Waals surface area contributed by atoms with Gasteiger partial charge in [0.1, 0.15) is 11.4 Å². The predicted molar refractivity (Wildman–Crippen MR) is 125 cm³/mol. The van der Waals surface area contributed by atoms with Crippen LogP contribution >= 0.6 is 0 Å². The first-order valence-corrected chi connectivity index (χ1v) is 11.6. The summed E-state index contributed by atoms with van der Waals surface area (Å²) < 4.78 is 31.8. The predicted octanol–water partition coefficient (Wildman–Crippen LogP) is 3.50. The molecule has 9 heteroatoms. The van der Waals surface area contributed by atoms with Gasteiger partial charge in [0, 0.05) is 30.7 Å². The van der Waals surface area contributed by atoms with E-state index in [2.05, 4.69) is 5.32 Å². The van der Waals surface area contributed by atoms with E-state index >= 15 is 0 Å². The van der Waals surface area contributed by atoms with Crippen molar-refractivity contribution in [3.8, 4) is 0 Å². The molecule has 2 heterocycles. The van der Waals surface area contributed by atoms with Crippen LogP contribution in [0.5, 0.6) is 0 Å². The Kier molecular flexibility index (Phi) is 7.15. The maximum Gasteiger partial charge on any atom is 0.497 e. The molecule has 1 aromatic carbocycles. The summed E-state index contributed by atoms with van der Waals surface area (Å²) in [5.74, 6) is -0.335. The molecular weight excluding hydrogens is 426 g/mol. The Balaban J connectivity index is 1.58. The molecule has 1 aromatic rings. The van der Waals surface area contributed by atoms with E-state index in [-0.39, 0.29) is 17.3 Å². The SMILES string of the molecule is CC(C)(C)OC(=O)NCC1CCN(C(=O)c2ccc(F)c(B3OC(C)(C)C(C)(C)O3)c2)CC1. The molecule has 0 unspecified atom stereocenters. The minimum atomic E-state index is -0.868. The first-order valence-electron chi connectivity index (χ1n) is 11.6. The van der Waals surface area contributed by atoms with Gasteiger partial charge in [0.2, 0.25) is 0 Å². The van der Waals surface area contributed by atoms with Crippen LogP contribution in [-0.4, -0.2) is 60.5 Å². The van der Waals surface area contributed by atoms with Gasteiger partial charge >= 0.3 is 13.2 Å². The van der Waals surface area contributed by atoms with Crippen molar-refractivity contribution in [3.05, 3.63) is 29.6 Å². The Bertz CT molecular complexity index is 875. The lowest BCUT2D eigenvalue weighted by Crippen LogP contribution is -2.43. The number of carbonyl (C=O) groups excluding carboxylic acids is 2. The molecular formula is C24H36BFN2O5. The molecule has 3 rings (SSSR count). The molecule has 2 saturated heterocycles. The van der Waals surface area contributed by atoms with Crippen molar-refractivity contribution in [2.45, 2.75) is 78.1 Å². The second kappa shape index (κ2) is 9.26. The first kappa shape index (κ1) is 25.5. The number of amides is 2. The Morgan fingerprint density at radius 1 is 1.15 bits per heavy atom. The van der Waals surface area contributed by atoms with Crippen LogP contribution in [0.25, 0.3) is 0 Å². The van der Waals surface area contributed by atoms with Gasteiger partial charge in [-0.05, 0) is 85.4 Å². The summed E-state index contributed by atoms with van der Waals surface area (Å²) >= 11 is 0. The number of rotatable bonds is 4. The number of benzene rings is 1. The van der Waals surface area contributed by atoms with E-state index in [1.54, 1.807) is 4.90 Å². The number of hydrogen-bond acceptors (Lipinski definition) is 5. The highest BCUT2D eigenvalue weighted by Gasteiger charge is 2.52. The van der Waals surface area contributed by atoms with Gasteiger partial charge in [-0.15, -0.1) is 0 Å². The standard InChI is InChI=1S/C24H36BFN2O5/c1-22(2,3)31-21(30)27-15-16-10-12-28(13-11-16)20(29)17-8-9-19(26)18(14-17)25-32-23(4,5)24(6,7)33-25/h8-9,14,16H,10-13,15H2,1-7H3,(H,27,30). The molecule has 33 heavy (non-hydrogen) atoms. The zero-order valence-electron chi connectivity index (χ0n) is 20.8. The third kappa shape index (κ3) is 6.06. The smallest absolute Gasteiger partial charge is 0.444 e. The average molecular weight is 462 g/mol.